The van der Waals surface area contributed by atoms with Gasteiger partial charge in [-0.3, -0.25) is 4.79 Å². The SMILES string of the molecule is CNC(C)(CC(C)N1CCC(C(C)(C)C)C1)C(=O)OC. The van der Waals surface area contributed by atoms with Gasteiger partial charge in [-0.05, 0) is 51.6 Å². The first-order chi connectivity index (χ1) is 9.14. The zero-order valence-electron chi connectivity index (χ0n) is 14.2. The molecular weight excluding hydrogens is 252 g/mol. The predicted octanol–water partition coefficient (Wildman–Crippen LogP) is 2.28. The topological polar surface area (TPSA) is 41.6 Å². The second kappa shape index (κ2) is 6.44. The number of carbonyl (C=O) groups is 1. The largest absolute Gasteiger partial charge is 0.468 e. The van der Waals surface area contributed by atoms with Crippen LogP contribution >= 0.6 is 0 Å². The van der Waals surface area contributed by atoms with Gasteiger partial charge in [0, 0.05) is 12.6 Å². The van der Waals surface area contributed by atoms with Crippen molar-refractivity contribution in [1.29, 1.82) is 0 Å². The van der Waals surface area contributed by atoms with E-state index in [-0.39, 0.29) is 5.97 Å². The zero-order valence-corrected chi connectivity index (χ0v) is 14.2. The zero-order chi connectivity index (χ0) is 15.6. The lowest BCUT2D eigenvalue weighted by Gasteiger charge is -2.34. The highest BCUT2D eigenvalue weighted by molar-refractivity contribution is 5.80. The number of carbonyl (C=O) groups excluding carboxylic acids is 1. The van der Waals surface area contributed by atoms with Crippen LogP contribution in [0.15, 0.2) is 0 Å². The third-order valence-electron chi connectivity index (χ3n) is 4.96. The average molecular weight is 284 g/mol. The number of hydrogen-bond donors (Lipinski definition) is 1. The molecule has 1 aliphatic rings. The van der Waals surface area contributed by atoms with E-state index in [0.29, 0.717) is 11.5 Å². The summed E-state index contributed by atoms with van der Waals surface area (Å²) in [6.45, 7) is 13.3. The second-order valence-electron chi connectivity index (χ2n) is 7.47. The molecular formula is C16H32N2O2. The predicted molar refractivity (Wildman–Crippen MR) is 82.7 cm³/mol. The van der Waals surface area contributed by atoms with E-state index in [1.807, 2.05) is 14.0 Å². The smallest absolute Gasteiger partial charge is 0.325 e. The van der Waals surface area contributed by atoms with Gasteiger partial charge in [0.05, 0.1) is 7.11 Å². The third kappa shape index (κ3) is 3.95. The highest BCUT2D eigenvalue weighted by Gasteiger charge is 2.39. The lowest BCUT2D eigenvalue weighted by atomic mass is 9.80. The fraction of sp³-hybridized carbons (Fsp3) is 0.938. The molecule has 0 amide bonds. The summed E-state index contributed by atoms with van der Waals surface area (Å²) < 4.78 is 4.93. The number of methoxy groups -OCH3 is 1. The maximum Gasteiger partial charge on any atom is 0.325 e. The molecule has 1 fully saturated rings. The molecule has 20 heavy (non-hydrogen) atoms. The molecule has 0 radical (unpaired) electrons. The Kier molecular flexibility index (Phi) is 5.61. The molecule has 1 rings (SSSR count). The van der Waals surface area contributed by atoms with E-state index < -0.39 is 5.54 Å². The van der Waals surface area contributed by atoms with Gasteiger partial charge in [0.1, 0.15) is 5.54 Å². The number of ether oxygens (including phenoxy) is 1. The van der Waals surface area contributed by atoms with E-state index in [1.165, 1.54) is 13.5 Å². The molecule has 0 aromatic rings. The van der Waals surface area contributed by atoms with Crippen LogP contribution in [0.1, 0.15) is 47.5 Å². The number of likely N-dealkylation sites (N-methyl/N-ethyl adjacent to an activating group) is 1. The maximum atomic E-state index is 11.9. The minimum atomic E-state index is -0.603. The van der Waals surface area contributed by atoms with Crippen molar-refractivity contribution in [3.8, 4) is 0 Å². The van der Waals surface area contributed by atoms with Crippen molar-refractivity contribution in [1.82, 2.24) is 10.2 Å². The van der Waals surface area contributed by atoms with E-state index >= 15 is 0 Å². The van der Waals surface area contributed by atoms with Crippen molar-refractivity contribution in [2.75, 3.05) is 27.2 Å². The Hall–Kier alpha value is -0.610. The standard InChI is InChI=1S/C16H32N2O2/c1-12(10-16(5,17-6)14(19)20-7)18-9-8-13(11-18)15(2,3)4/h12-13,17H,8-11H2,1-7H3. The van der Waals surface area contributed by atoms with E-state index in [1.54, 1.807) is 0 Å². The summed E-state index contributed by atoms with van der Waals surface area (Å²) in [4.78, 5) is 14.4. The molecule has 0 aliphatic carbocycles. The fourth-order valence-electron chi connectivity index (χ4n) is 3.13. The van der Waals surface area contributed by atoms with Crippen LogP contribution in [0.25, 0.3) is 0 Å². The Morgan fingerprint density at radius 3 is 2.40 bits per heavy atom. The Labute approximate surface area is 124 Å². The van der Waals surface area contributed by atoms with Crippen molar-refractivity contribution in [3.05, 3.63) is 0 Å². The Morgan fingerprint density at radius 1 is 1.40 bits per heavy atom. The molecule has 3 atom stereocenters. The van der Waals surface area contributed by atoms with Crippen molar-refractivity contribution in [2.45, 2.75) is 59.0 Å². The van der Waals surface area contributed by atoms with Gasteiger partial charge in [0.15, 0.2) is 0 Å². The minimum Gasteiger partial charge on any atom is -0.468 e. The van der Waals surface area contributed by atoms with E-state index in [9.17, 15) is 4.79 Å². The van der Waals surface area contributed by atoms with Crippen molar-refractivity contribution < 1.29 is 9.53 Å². The Morgan fingerprint density at radius 2 is 2.00 bits per heavy atom. The van der Waals surface area contributed by atoms with Crippen LogP contribution < -0.4 is 5.32 Å². The van der Waals surface area contributed by atoms with E-state index in [4.69, 9.17) is 4.74 Å². The first-order valence-electron chi connectivity index (χ1n) is 7.65. The van der Waals surface area contributed by atoms with Crippen LogP contribution in [0.4, 0.5) is 0 Å². The number of nitrogens with one attached hydrogen (secondary N) is 1. The van der Waals surface area contributed by atoms with Crippen LogP contribution in [-0.2, 0) is 9.53 Å². The maximum absolute atomic E-state index is 11.9. The quantitative estimate of drug-likeness (QED) is 0.787. The van der Waals surface area contributed by atoms with Crippen LogP contribution in [0.3, 0.4) is 0 Å². The van der Waals surface area contributed by atoms with Gasteiger partial charge in [-0.2, -0.15) is 0 Å². The summed E-state index contributed by atoms with van der Waals surface area (Å²) in [5.41, 5.74) is -0.239. The molecule has 0 saturated carbocycles. The molecule has 0 spiro atoms. The molecule has 118 valence electrons. The van der Waals surface area contributed by atoms with Crippen LogP contribution in [0.5, 0.6) is 0 Å². The molecule has 0 aromatic heterocycles. The summed E-state index contributed by atoms with van der Waals surface area (Å²) in [5, 5.41) is 3.12. The van der Waals surface area contributed by atoms with Gasteiger partial charge in [-0.25, -0.2) is 0 Å². The van der Waals surface area contributed by atoms with Crippen LogP contribution in [0.2, 0.25) is 0 Å². The second-order valence-corrected chi connectivity index (χ2v) is 7.47. The number of nitrogens with zero attached hydrogens (tertiary/aromatic N) is 1. The van der Waals surface area contributed by atoms with E-state index in [0.717, 1.165) is 25.4 Å². The van der Waals surface area contributed by atoms with E-state index in [2.05, 4.69) is 37.9 Å². The lowest BCUT2D eigenvalue weighted by molar-refractivity contribution is -0.148. The first-order valence-corrected chi connectivity index (χ1v) is 7.65. The summed E-state index contributed by atoms with van der Waals surface area (Å²) in [5.74, 6) is 0.558. The molecule has 1 saturated heterocycles. The molecule has 4 nitrogen and oxygen atoms in total. The van der Waals surface area contributed by atoms with Crippen LogP contribution in [0, 0.1) is 11.3 Å². The molecule has 0 aromatic carbocycles. The Balaban J connectivity index is 2.64. The summed E-state index contributed by atoms with van der Waals surface area (Å²) >= 11 is 0. The van der Waals surface area contributed by atoms with Crippen molar-refractivity contribution >= 4 is 5.97 Å². The van der Waals surface area contributed by atoms with Gasteiger partial charge in [0.25, 0.3) is 0 Å². The van der Waals surface area contributed by atoms with Crippen molar-refractivity contribution in [2.24, 2.45) is 11.3 Å². The average Bonchev–Trinajstić information content (AvgIpc) is 2.87. The molecule has 0 bridgehead atoms. The minimum absolute atomic E-state index is 0.182. The van der Waals surface area contributed by atoms with Gasteiger partial charge >= 0.3 is 5.97 Å². The van der Waals surface area contributed by atoms with Gasteiger partial charge < -0.3 is 15.0 Å². The Bertz CT molecular complexity index is 338. The highest BCUT2D eigenvalue weighted by atomic mass is 16.5. The van der Waals surface area contributed by atoms with Gasteiger partial charge in [-0.15, -0.1) is 0 Å². The summed E-state index contributed by atoms with van der Waals surface area (Å²) in [6.07, 6.45) is 2.02. The number of esters is 1. The van der Waals surface area contributed by atoms with Crippen molar-refractivity contribution in [3.63, 3.8) is 0 Å². The van der Waals surface area contributed by atoms with Crippen LogP contribution in [-0.4, -0.2) is 49.7 Å². The first kappa shape index (κ1) is 17.4. The number of rotatable bonds is 5. The molecule has 3 unspecified atom stereocenters. The highest BCUT2D eigenvalue weighted by Crippen LogP contribution is 2.35. The number of hydrogen-bond acceptors (Lipinski definition) is 4. The lowest BCUT2D eigenvalue weighted by Crippen LogP contribution is -2.52. The van der Waals surface area contributed by atoms with Gasteiger partial charge in [0.2, 0.25) is 0 Å². The molecule has 1 N–H and O–H groups in total. The summed E-state index contributed by atoms with van der Waals surface area (Å²) in [7, 11) is 3.28. The summed E-state index contributed by atoms with van der Waals surface area (Å²) in [6, 6.07) is 0.374. The number of likely N-dealkylation sites (tertiary alicyclic amines) is 1. The van der Waals surface area contributed by atoms with Gasteiger partial charge in [-0.1, -0.05) is 20.8 Å². The monoisotopic (exact) mass is 284 g/mol. The molecule has 1 aliphatic heterocycles. The molecule has 4 heteroatoms. The third-order valence-corrected chi connectivity index (χ3v) is 4.96. The molecule has 1 heterocycles. The normalized spacial score (nSPS) is 25.2. The fourth-order valence-corrected chi connectivity index (χ4v) is 3.13.